The largest absolute Gasteiger partial charge is 0.481 e. The summed E-state index contributed by atoms with van der Waals surface area (Å²) in [6.07, 6.45) is 4.19. The number of aliphatic carboxylic acids is 1. The van der Waals surface area contributed by atoms with Crippen molar-refractivity contribution in [1.29, 1.82) is 0 Å². The van der Waals surface area contributed by atoms with Gasteiger partial charge in [-0.05, 0) is 12.8 Å². The normalized spacial score (nSPS) is 17.3. The smallest absolute Gasteiger partial charge is 0.305 e. The van der Waals surface area contributed by atoms with Gasteiger partial charge in [-0.1, -0.05) is 43.2 Å². The van der Waals surface area contributed by atoms with Crippen molar-refractivity contribution >= 4 is 11.8 Å². The second-order valence-corrected chi connectivity index (χ2v) is 5.03. The molecule has 1 saturated carbocycles. The van der Waals surface area contributed by atoms with Gasteiger partial charge in [-0.15, -0.1) is 0 Å². The van der Waals surface area contributed by atoms with Gasteiger partial charge in [0.1, 0.15) is 0 Å². The van der Waals surface area contributed by atoms with Crippen LogP contribution in [0.5, 0.6) is 0 Å². The van der Waals surface area contributed by atoms with Gasteiger partial charge in [0.25, 0.3) is 0 Å². The van der Waals surface area contributed by atoms with E-state index in [9.17, 15) is 9.59 Å². The van der Waals surface area contributed by atoms with Gasteiger partial charge in [-0.3, -0.25) is 9.59 Å². The van der Waals surface area contributed by atoms with Gasteiger partial charge in [-0.25, -0.2) is 0 Å². The van der Waals surface area contributed by atoms with E-state index in [0.29, 0.717) is 5.56 Å². The highest BCUT2D eigenvalue weighted by atomic mass is 16.4. The number of ketones is 1. The molecular formula is C15H19NO3. The molecule has 1 aliphatic carbocycles. The Balaban J connectivity index is 2.07. The lowest BCUT2D eigenvalue weighted by molar-refractivity contribution is -0.137. The molecule has 4 nitrogen and oxygen atoms in total. The van der Waals surface area contributed by atoms with Crippen molar-refractivity contribution in [3.63, 3.8) is 0 Å². The molecule has 0 radical (unpaired) electrons. The van der Waals surface area contributed by atoms with Crippen LogP contribution in [0.1, 0.15) is 42.5 Å². The summed E-state index contributed by atoms with van der Waals surface area (Å²) in [6.45, 7) is 0. The second-order valence-electron chi connectivity index (χ2n) is 5.03. The van der Waals surface area contributed by atoms with E-state index in [1.807, 2.05) is 6.07 Å². The van der Waals surface area contributed by atoms with Gasteiger partial charge in [-0.2, -0.15) is 0 Å². The lowest BCUT2D eigenvalue weighted by Crippen LogP contribution is -2.43. The highest BCUT2D eigenvalue weighted by Crippen LogP contribution is 2.19. The number of Topliss-reactive ketones (excluding diaryl/α,β-unsaturated/α-hetero) is 1. The summed E-state index contributed by atoms with van der Waals surface area (Å²) in [6, 6.07) is 8.54. The van der Waals surface area contributed by atoms with E-state index >= 15 is 0 Å². The lowest BCUT2D eigenvalue weighted by Gasteiger charge is -2.20. The third-order valence-electron chi connectivity index (χ3n) is 3.55. The highest BCUT2D eigenvalue weighted by Gasteiger charge is 2.26. The average molecular weight is 261 g/mol. The fourth-order valence-electron chi connectivity index (χ4n) is 2.58. The lowest BCUT2D eigenvalue weighted by atomic mass is 10.0. The number of carboxylic acid groups (broad SMARTS) is 1. The van der Waals surface area contributed by atoms with E-state index in [1.165, 1.54) is 0 Å². The van der Waals surface area contributed by atoms with E-state index in [1.54, 1.807) is 24.3 Å². The summed E-state index contributed by atoms with van der Waals surface area (Å²) in [5, 5.41) is 12.2. The summed E-state index contributed by atoms with van der Waals surface area (Å²) in [7, 11) is 0. The summed E-state index contributed by atoms with van der Waals surface area (Å²) >= 11 is 0. The van der Waals surface area contributed by atoms with Crippen molar-refractivity contribution in [3.8, 4) is 0 Å². The molecule has 0 aromatic heterocycles. The Labute approximate surface area is 112 Å². The number of benzene rings is 1. The van der Waals surface area contributed by atoms with Crippen LogP contribution in [0.15, 0.2) is 30.3 Å². The first-order valence-corrected chi connectivity index (χ1v) is 6.74. The van der Waals surface area contributed by atoms with Crippen LogP contribution in [0.25, 0.3) is 0 Å². The number of rotatable bonds is 6. The number of carbonyl (C=O) groups excluding carboxylic acids is 1. The molecule has 102 valence electrons. The van der Waals surface area contributed by atoms with Crippen molar-refractivity contribution in [2.45, 2.75) is 44.2 Å². The van der Waals surface area contributed by atoms with Crippen LogP contribution in [0.2, 0.25) is 0 Å². The molecular weight excluding hydrogens is 242 g/mol. The Morgan fingerprint density at radius 2 is 1.84 bits per heavy atom. The van der Waals surface area contributed by atoms with Gasteiger partial charge >= 0.3 is 5.97 Å². The van der Waals surface area contributed by atoms with E-state index in [-0.39, 0.29) is 18.2 Å². The maximum atomic E-state index is 12.3. The first-order valence-electron chi connectivity index (χ1n) is 6.74. The minimum Gasteiger partial charge on any atom is -0.481 e. The zero-order valence-electron chi connectivity index (χ0n) is 10.8. The quantitative estimate of drug-likeness (QED) is 0.771. The van der Waals surface area contributed by atoms with Crippen LogP contribution >= 0.6 is 0 Å². The molecule has 1 aromatic rings. The van der Waals surface area contributed by atoms with Crippen LogP contribution in [-0.4, -0.2) is 28.9 Å². The molecule has 1 unspecified atom stereocenters. The minimum atomic E-state index is -0.945. The van der Waals surface area contributed by atoms with Crippen LogP contribution in [0.4, 0.5) is 0 Å². The fraction of sp³-hybridized carbons (Fsp3) is 0.467. The van der Waals surface area contributed by atoms with Crippen molar-refractivity contribution in [3.05, 3.63) is 35.9 Å². The molecule has 1 aliphatic rings. The third-order valence-corrected chi connectivity index (χ3v) is 3.55. The Kier molecular flexibility index (Phi) is 4.68. The van der Waals surface area contributed by atoms with Gasteiger partial charge in [0.15, 0.2) is 5.78 Å². The number of carboxylic acids is 1. The van der Waals surface area contributed by atoms with E-state index < -0.39 is 12.0 Å². The Hall–Kier alpha value is -1.68. The van der Waals surface area contributed by atoms with Crippen LogP contribution in [0.3, 0.4) is 0 Å². The second kappa shape index (κ2) is 6.48. The van der Waals surface area contributed by atoms with Gasteiger partial charge in [0.2, 0.25) is 0 Å². The average Bonchev–Trinajstić information content (AvgIpc) is 2.90. The number of carbonyl (C=O) groups is 2. The first kappa shape index (κ1) is 13.7. The predicted molar refractivity (Wildman–Crippen MR) is 72.2 cm³/mol. The van der Waals surface area contributed by atoms with Crippen LogP contribution in [-0.2, 0) is 4.79 Å². The molecule has 0 heterocycles. The van der Waals surface area contributed by atoms with Crippen molar-refractivity contribution in [2.75, 3.05) is 0 Å². The number of nitrogens with one attached hydrogen (secondary N) is 1. The number of hydrogen-bond donors (Lipinski definition) is 2. The SMILES string of the molecule is O=C(O)CC(NC1CCCC1)C(=O)c1ccccc1. The maximum absolute atomic E-state index is 12.3. The monoisotopic (exact) mass is 261 g/mol. The first-order chi connectivity index (χ1) is 9.16. The molecule has 0 aliphatic heterocycles. The molecule has 4 heteroatoms. The molecule has 1 aromatic carbocycles. The van der Waals surface area contributed by atoms with E-state index in [0.717, 1.165) is 25.7 Å². The molecule has 0 bridgehead atoms. The van der Waals surface area contributed by atoms with E-state index in [4.69, 9.17) is 5.11 Å². The van der Waals surface area contributed by atoms with E-state index in [2.05, 4.69) is 5.32 Å². The zero-order chi connectivity index (χ0) is 13.7. The molecule has 0 amide bonds. The van der Waals surface area contributed by atoms with Crippen molar-refractivity contribution in [1.82, 2.24) is 5.32 Å². The van der Waals surface area contributed by atoms with Gasteiger partial charge < -0.3 is 10.4 Å². The molecule has 0 saturated heterocycles. The molecule has 2 N–H and O–H groups in total. The molecule has 1 atom stereocenters. The minimum absolute atomic E-state index is 0.130. The molecule has 1 fully saturated rings. The Morgan fingerprint density at radius 1 is 1.21 bits per heavy atom. The fourth-order valence-corrected chi connectivity index (χ4v) is 2.58. The van der Waals surface area contributed by atoms with Crippen LogP contribution in [0, 0.1) is 0 Å². The van der Waals surface area contributed by atoms with Gasteiger partial charge in [0.05, 0.1) is 12.5 Å². The Morgan fingerprint density at radius 3 is 2.42 bits per heavy atom. The Bertz CT molecular complexity index is 438. The zero-order valence-corrected chi connectivity index (χ0v) is 10.8. The molecule has 19 heavy (non-hydrogen) atoms. The predicted octanol–water partition coefficient (Wildman–Crippen LogP) is 2.24. The summed E-state index contributed by atoms with van der Waals surface area (Å²) in [4.78, 5) is 23.3. The molecule has 2 rings (SSSR count). The third kappa shape index (κ3) is 3.89. The maximum Gasteiger partial charge on any atom is 0.305 e. The topological polar surface area (TPSA) is 66.4 Å². The summed E-state index contributed by atoms with van der Waals surface area (Å²) < 4.78 is 0. The summed E-state index contributed by atoms with van der Waals surface area (Å²) in [5.74, 6) is -1.07. The van der Waals surface area contributed by atoms with Crippen LogP contribution < -0.4 is 5.32 Å². The summed E-state index contributed by atoms with van der Waals surface area (Å²) in [5.41, 5.74) is 0.569. The van der Waals surface area contributed by atoms with Crippen molar-refractivity contribution < 1.29 is 14.7 Å². The highest BCUT2D eigenvalue weighted by molar-refractivity contribution is 6.01. The van der Waals surface area contributed by atoms with Gasteiger partial charge in [0, 0.05) is 11.6 Å². The molecule has 0 spiro atoms. The number of hydrogen-bond acceptors (Lipinski definition) is 3. The van der Waals surface area contributed by atoms with Crippen molar-refractivity contribution in [2.24, 2.45) is 0 Å². The standard InChI is InChI=1S/C15H19NO3/c17-14(18)10-13(16-12-8-4-5-9-12)15(19)11-6-2-1-3-7-11/h1-3,6-7,12-13,16H,4-5,8-10H2,(H,17,18).